The van der Waals surface area contributed by atoms with Gasteiger partial charge in [0, 0.05) is 5.56 Å². The monoisotopic (exact) mass is 492 g/mol. The first-order valence-electron chi connectivity index (χ1n) is 10.9. The highest BCUT2D eigenvalue weighted by Gasteiger charge is 2.53. The molecule has 0 spiro atoms. The average Bonchev–Trinajstić information content (AvgIpc) is 3.35. The molecule has 9 heteroatoms. The van der Waals surface area contributed by atoms with Gasteiger partial charge in [-0.1, -0.05) is 41.2 Å². The number of benzene rings is 2. The van der Waals surface area contributed by atoms with Crippen molar-refractivity contribution in [1.82, 2.24) is 4.98 Å². The van der Waals surface area contributed by atoms with E-state index in [1.165, 1.54) is 19.1 Å². The molecule has 0 radical (unpaired) electrons. The highest BCUT2D eigenvalue weighted by molar-refractivity contribution is 7.17. The van der Waals surface area contributed by atoms with Crippen LogP contribution in [0.1, 0.15) is 48.5 Å². The van der Waals surface area contributed by atoms with Crippen LogP contribution in [0.2, 0.25) is 0 Å². The van der Waals surface area contributed by atoms with Crippen LogP contribution in [0.15, 0.2) is 42.5 Å². The molecule has 8 nitrogen and oxygen atoms in total. The highest BCUT2D eigenvalue weighted by Crippen LogP contribution is 2.43. The lowest BCUT2D eigenvalue weighted by Gasteiger charge is -2.25. The van der Waals surface area contributed by atoms with Crippen molar-refractivity contribution in [2.75, 3.05) is 19.1 Å². The van der Waals surface area contributed by atoms with Gasteiger partial charge < -0.3 is 9.47 Å². The van der Waals surface area contributed by atoms with E-state index in [1.54, 1.807) is 44.2 Å². The minimum Gasteiger partial charge on any atom is -0.497 e. The van der Waals surface area contributed by atoms with Crippen LogP contribution in [-0.4, -0.2) is 42.6 Å². The Hall–Kier alpha value is -3.85. The Morgan fingerprint density at radius 2 is 1.69 bits per heavy atom. The molecule has 4 rings (SSSR count). The van der Waals surface area contributed by atoms with Crippen molar-refractivity contribution in [3.8, 4) is 5.75 Å². The van der Waals surface area contributed by atoms with Crippen molar-refractivity contribution in [1.29, 1.82) is 0 Å². The van der Waals surface area contributed by atoms with Crippen LogP contribution >= 0.6 is 11.3 Å². The van der Waals surface area contributed by atoms with E-state index in [1.807, 2.05) is 19.1 Å². The number of Topliss-reactive ketones (excluding diaryl/α,β-unsaturated/α-hetero) is 2. The van der Waals surface area contributed by atoms with Crippen molar-refractivity contribution in [2.24, 2.45) is 5.92 Å². The third kappa shape index (κ3) is 4.23. The molecule has 1 aliphatic rings. The van der Waals surface area contributed by atoms with Gasteiger partial charge in [0.05, 0.1) is 26.0 Å². The molecule has 2 atom stereocenters. The molecule has 180 valence electrons. The van der Waals surface area contributed by atoms with Crippen LogP contribution in [-0.2, 0) is 14.3 Å². The molecule has 2 unspecified atom stereocenters. The summed E-state index contributed by atoms with van der Waals surface area (Å²) in [6.07, 6.45) is 0. The van der Waals surface area contributed by atoms with Crippen LogP contribution in [0.5, 0.6) is 5.75 Å². The number of rotatable bonds is 6. The Kier molecular flexibility index (Phi) is 6.53. The number of carbonyl (C=O) groups is 4. The summed E-state index contributed by atoms with van der Waals surface area (Å²) in [6.45, 7) is 5.30. The molecule has 1 saturated heterocycles. The Labute approximate surface area is 206 Å². The van der Waals surface area contributed by atoms with Gasteiger partial charge in [-0.2, -0.15) is 0 Å². The SMILES string of the molecule is COC(=O)c1sc(N2C(=O)C(=O)C(C(=O)c3ccc(OC)cc3C)C2c2ccc(C)cc2)nc1C. The number of aryl methyl sites for hydroxylation is 3. The van der Waals surface area contributed by atoms with E-state index in [0.29, 0.717) is 28.1 Å². The molecule has 1 amide bonds. The lowest BCUT2D eigenvalue weighted by atomic mass is 9.85. The van der Waals surface area contributed by atoms with Crippen molar-refractivity contribution >= 4 is 39.9 Å². The zero-order valence-electron chi connectivity index (χ0n) is 19.9. The van der Waals surface area contributed by atoms with E-state index in [9.17, 15) is 19.2 Å². The van der Waals surface area contributed by atoms with Gasteiger partial charge in [-0.05, 0) is 50.1 Å². The van der Waals surface area contributed by atoms with Crippen LogP contribution in [0.25, 0.3) is 0 Å². The van der Waals surface area contributed by atoms with Crippen molar-refractivity contribution in [3.63, 3.8) is 0 Å². The Bertz CT molecular complexity index is 1340. The van der Waals surface area contributed by atoms with Gasteiger partial charge in [0.2, 0.25) is 5.78 Å². The topological polar surface area (TPSA) is 103 Å². The van der Waals surface area contributed by atoms with Gasteiger partial charge in [-0.15, -0.1) is 0 Å². The number of aromatic nitrogens is 1. The average molecular weight is 493 g/mol. The van der Waals surface area contributed by atoms with E-state index in [0.717, 1.165) is 16.9 Å². The lowest BCUT2D eigenvalue weighted by Crippen LogP contribution is -2.30. The van der Waals surface area contributed by atoms with Crippen molar-refractivity contribution in [3.05, 3.63) is 75.3 Å². The summed E-state index contributed by atoms with van der Waals surface area (Å²) >= 11 is 0.954. The van der Waals surface area contributed by atoms with Gasteiger partial charge in [-0.25, -0.2) is 9.78 Å². The Balaban J connectivity index is 1.86. The third-order valence-electron chi connectivity index (χ3n) is 6.07. The first-order valence-corrected chi connectivity index (χ1v) is 11.7. The number of anilines is 1. The molecule has 2 aromatic carbocycles. The van der Waals surface area contributed by atoms with E-state index in [2.05, 4.69) is 4.98 Å². The Morgan fingerprint density at radius 1 is 1.00 bits per heavy atom. The lowest BCUT2D eigenvalue weighted by molar-refractivity contribution is -0.135. The summed E-state index contributed by atoms with van der Waals surface area (Å²) in [4.78, 5) is 58.4. The van der Waals surface area contributed by atoms with E-state index < -0.39 is 35.4 Å². The van der Waals surface area contributed by atoms with E-state index in [-0.39, 0.29) is 10.0 Å². The molecule has 3 aromatic rings. The normalized spacial score (nSPS) is 17.6. The van der Waals surface area contributed by atoms with Crippen LogP contribution < -0.4 is 9.64 Å². The molecular weight excluding hydrogens is 468 g/mol. The number of ketones is 2. The van der Waals surface area contributed by atoms with Crippen molar-refractivity contribution < 1.29 is 28.7 Å². The number of amides is 1. The number of ether oxygens (including phenoxy) is 2. The minimum absolute atomic E-state index is 0.161. The predicted molar refractivity (Wildman–Crippen MR) is 130 cm³/mol. The molecule has 0 aliphatic carbocycles. The smallest absolute Gasteiger partial charge is 0.350 e. The highest BCUT2D eigenvalue weighted by atomic mass is 32.1. The fraction of sp³-hybridized carbons (Fsp3) is 0.269. The second-order valence-corrected chi connectivity index (χ2v) is 9.30. The number of carbonyl (C=O) groups excluding carboxylic acids is 4. The summed E-state index contributed by atoms with van der Waals surface area (Å²) in [6, 6.07) is 11.3. The fourth-order valence-corrected chi connectivity index (χ4v) is 5.24. The second kappa shape index (κ2) is 9.42. The number of hydrogen-bond acceptors (Lipinski definition) is 8. The fourth-order valence-electron chi connectivity index (χ4n) is 4.22. The van der Waals surface area contributed by atoms with Gasteiger partial charge in [0.15, 0.2) is 10.9 Å². The summed E-state index contributed by atoms with van der Waals surface area (Å²) < 4.78 is 10.0. The molecule has 0 saturated carbocycles. The van der Waals surface area contributed by atoms with Gasteiger partial charge >= 0.3 is 5.97 Å². The van der Waals surface area contributed by atoms with Gasteiger partial charge in [-0.3, -0.25) is 19.3 Å². The summed E-state index contributed by atoms with van der Waals surface area (Å²) in [5.41, 5.74) is 2.95. The molecule has 2 heterocycles. The first kappa shape index (κ1) is 24.3. The van der Waals surface area contributed by atoms with Gasteiger partial charge in [0.25, 0.3) is 5.91 Å². The van der Waals surface area contributed by atoms with Crippen LogP contribution in [0.3, 0.4) is 0 Å². The quantitative estimate of drug-likeness (QED) is 0.222. The van der Waals surface area contributed by atoms with Gasteiger partial charge in [0.1, 0.15) is 16.5 Å². The molecular formula is C26H24N2O6S. The molecule has 0 N–H and O–H groups in total. The van der Waals surface area contributed by atoms with E-state index in [4.69, 9.17) is 9.47 Å². The maximum atomic E-state index is 13.7. The summed E-state index contributed by atoms with van der Waals surface area (Å²) in [5.74, 6) is -3.40. The zero-order chi connectivity index (χ0) is 25.4. The summed E-state index contributed by atoms with van der Waals surface area (Å²) in [5, 5.41) is 0.161. The Morgan fingerprint density at radius 3 is 2.29 bits per heavy atom. The second-order valence-electron chi connectivity index (χ2n) is 8.32. The van der Waals surface area contributed by atoms with Crippen LogP contribution in [0, 0.1) is 26.7 Å². The maximum absolute atomic E-state index is 13.7. The van der Waals surface area contributed by atoms with Crippen LogP contribution in [0.4, 0.5) is 5.13 Å². The standard InChI is InChI=1S/C26H24N2O6S/c1-13-6-8-16(9-7-13)20-19(21(29)18-11-10-17(33-4)12-14(18)2)22(30)24(31)28(20)26-27-15(3)23(35-26)25(32)34-5/h6-12,19-20H,1-5H3. The maximum Gasteiger partial charge on any atom is 0.350 e. The minimum atomic E-state index is -1.27. The van der Waals surface area contributed by atoms with Crippen molar-refractivity contribution in [2.45, 2.75) is 26.8 Å². The zero-order valence-corrected chi connectivity index (χ0v) is 20.8. The first-order chi connectivity index (χ1) is 16.7. The largest absolute Gasteiger partial charge is 0.497 e. The number of esters is 1. The molecule has 1 aromatic heterocycles. The third-order valence-corrected chi connectivity index (χ3v) is 7.21. The summed E-state index contributed by atoms with van der Waals surface area (Å²) in [7, 11) is 2.78. The molecule has 0 bridgehead atoms. The predicted octanol–water partition coefficient (Wildman–Crippen LogP) is 4.02. The number of hydrogen-bond donors (Lipinski definition) is 0. The number of nitrogens with zero attached hydrogens (tertiary/aromatic N) is 2. The van der Waals surface area contributed by atoms with E-state index >= 15 is 0 Å². The molecule has 35 heavy (non-hydrogen) atoms. The molecule has 1 fully saturated rings. The number of thiazole rings is 1. The molecule has 1 aliphatic heterocycles. The number of methoxy groups -OCH3 is 2.